The van der Waals surface area contributed by atoms with Crippen molar-refractivity contribution < 1.29 is 9.59 Å². The van der Waals surface area contributed by atoms with Crippen molar-refractivity contribution >= 4 is 28.2 Å². The number of hydrogen-bond donors (Lipinski definition) is 2. The molecule has 22 heavy (non-hydrogen) atoms. The van der Waals surface area contributed by atoms with Crippen LogP contribution in [0.5, 0.6) is 0 Å². The Kier molecular flexibility index (Phi) is 4.49. The number of piperidine rings is 1. The molecular formula is C16H23N3O2S. The summed E-state index contributed by atoms with van der Waals surface area (Å²) in [5.41, 5.74) is 7.13. The minimum Gasteiger partial charge on any atom is -0.365 e. The van der Waals surface area contributed by atoms with Gasteiger partial charge >= 0.3 is 0 Å². The van der Waals surface area contributed by atoms with Crippen LogP contribution in [-0.2, 0) is 17.6 Å². The molecule has 1 saturated heterocycles. The highest BCUT2D eigenvalue weighted by Gasteiger charge is 2.28. The maximum Gasteiger partial charge on any atom is 0.251 e. The van der Waals surface area contributed by atoms with Gasteiger partial charge in [-0.15, -0.1) is 11.3 Å². The van der Waals surface area contributed by atoms with Gasteiger partial charge in [-0.1, -0.05) is 6.42 Å². The van der Waals surface area contributed by atoms with E-state index in [1.165, 1.54) is 22.6 Å². The highest BCUT2D eigenvalue weighted by molar-refractivity contribution is 7.17. The third-order valence-corrected chi connectivity index (χ3v) is 5.93. The summed E-state index contributed by atoms with van der Waals surface area (Å²) >= 11 is 1.52. The molecule has 1 aliphatic heterocycles. The van der Waals surface area contributed by atoms with E-state index in [4.69, 9.17) is 5.73 Å². The first-order valence-electron chi connectivity index (χ1n) is 8.07. The molecule has 1 aliphatic carbocycles. The summed E-state index contributed by atoms with van der Waals surface area (Å²) in [6.45, 7) is 3.88. The molecule has 0 bridgehead atoms. The quantitative estimate of drug-likeness (QED) is 0.892. The molecule has 6 heteroatoms. The summed E-state index contributed by atoms with van der Waals surface area (Å²) < 4.78 is 0. The van der Waals surface area contributed by atoms with Gasteiger partial charge in [-0.25, -0.2) is 0 Å². The van der Waals surface area contributed by atoms with Crippen LogP contribution in [0.1, 0.15) is 53.4 Å². The molecule has 0 radical (unpaired) electrons. The first kappa shape index (κ1) is 15.5. The van der Waals surface area contributed by atoms with Crippen LogP contribution >= 0.6 is 11.3 Å². The molecule has 2 heterocycles. The molecule has 1 fully saturated rings. The van der Waals surface area contributed by atoms with E-state index in [9.17, 15) is 9.59 Å². The molecule has 5 nitrogen and oxygen atoms in total. The van der Waals surface area contributed by atoms with Crippen LogP contribution in [0.4, 0.5) is 5.00 Å². The second-order valence-electron chi connectivity index (χ2n) is 6.19. The monoisotopic (exact) mass is 321 g/mol. The molecule has 0 aromatic carbocycles. The van der Waals surface area contributed by atoms with E-state index in [2.05, 4.69) is 10.2 Å². The standard InChI is InChI=1S/C16H23N3O2S/c1-10(19-8-3-2-4-9-19)15(21)18-16-13(14(17)20)11-6-5-7-12(11)22-16/h10H,2-9H2,1H3,(H2,17,20)(H,18,21). The van der Waals surface area contributed by atoms with Crippen molar-refractivity contribution in [2.45, 2.75) is 51.5 Å². The number of primary amides is 1. The van der Waals surface area contributed by atoms with Crippen LogP contribution < -0.4 is 11.1 Å². The summed E-state index contributed by atoms with van der Waals surface area (Å²) in [6, 6.07) is -0.169. The molecule has 2 aliphatic rings. The summed E-state index contributed by atoms with van der Waals surface area (Å²) in [7, 11) is 0. The number of hydrogen-bond acceptors (Lipinski definition) is 4. The van der Waals surface area contributed by atoms with Gasteiger partial charge in [-0.2, -0.15) is 0 Å². The Morgan fingerprint density at radius 2 is 1.91 bits per heavy atom. The number of likely N-dealkylation sites (tertiary alicyclic amines) is 1. The number of amides is 2. The van der Waals surface area contributed by atoms with Crippen molar-refractivity contribution in [2.24, 2.45) is 5.73 Å². The Bertz CT molecular complexity index is 590. The molecule has 1 aromatic heterocycles. The van der Waals surface area contributed by atoms with Crippen molar-refractivity contribution in [1.82, 2.24) is 4.90 Å². The fraction of sp³-hybridized carbons (Fsp3) is 0.625. The van der Waals surface area contributed by atoms with E-state index < -0.39 is 5.91 Å². The lowest BCUT2D eigenvalue weighted by molar-refractivity contribution is -0.121. The Balaban J connectivity index is 1.75. The summed E-state index contributed by atoms with van der Waals surface area (Å²) in [5.74, 6) is -0.468. The number of nitrogens with zero attached hydrogens (tertiary/aromatic N) is 1. The Labute approximate surface area is 134 Å². The molecule has 1 atom stereocenters. The number of carbonyl (C=O) groups excluding carboxylic acids is 2. The van der Waals surface area contributed by atoms with Gasteiger partial charge in [0.2, 0.25) is 5.91 Å². The SMILES string of the molecule is CC(C(=O)Nc1sc2c(c1C(N)=O)CCC2)N1CCCCC1. The number of nitrogens with one attached hydrogen (secondary N) is 1. The molecular weight excluding hydrogens is 298 g/mol. The van der Waals surface area contributed by atoms with Crippen LogP contribution in [0.25, 0.3) is 0 Å². The zero-order valence-electron chi connectivity index (χ0n) is 13.0. The zero-order chi connectivity index (χ0) is 15.7. The van der Waals surface area contributed by atoms with Crippen molar-refractivity contribution in [1.29, 1.82) is 0 Å². The number of carbonyl (C=O) groups is 2. The fourth-order valence-corrected chi connectivity index (χ4v) is 4.74. The predicted molar refractivity (Wildman–Crippen MR) is 88.4 cm³/mol. The van der Waals surface area contributed by atoms with Gasteiger partial charge in [0.15, 0.2) is 0 Å². The van der Waals surface area contributed by atoms with E-state index in [1.807, 2.05) is 6.92 Å². The van der Waals surface area contributed by atoms with Crippen molar-refractivity contribution in [3.63, 3.8) is 0 Å². The number of rotatable bonds is 4. The first-order chi connectivity index (χ1) is 10.6. The van der Waals surface area contributed by atoms with Gasteiger partial charge in [0.25, 0.3) is 5.91 Å². The minimum absolute atomic E-state index is 0.0377. The lowest BCUT2D eigenvalue weighted by Gasteiger charge is -2.31. The molecule has 120 valence electrons. The van der Waals surface area contributed by atoms with Crippen LogP contribution in [-0.4, -0.2) is 35.8 Å². The van der Waals surface area contributed by atoms with Crippen LogP contribution in [0, 0.1) is 0 Å². The molecule has 2 amide bonds. The minimum atomic E-state index is -0.430. The second-order valence-corrected chi connectivity index (χ2v) is 7.29. The summed E-state index contributed by atoms with van der Waals surface area (Å²) in [4.78, 5) is 27.7. The van der Waals surface area contributed by atoms with Gasteiger partial charge in [0, 0.05) is 4.88 Å². The Morgan fingerprint density at radius 1 is 1.18 bits per heavy atom. The molecule has 1 aromatic rings. The fourth-order valence-electron chi connectivity index (χ4n) is 3.44. The van der Waals surface area contributed by atoms with Gasteiger partial charge in [-0.05, 0) is 57.7 Å². The number of fused-ring (bicyclic) bond motifs is 1. The van der Waals surface area contributed by atoms with E-state index in [-0.39, 0.29) is 11.9 Å². The van der Waals surface area contributed by atoms with Crippen molar-refractivity contribution in [3.8, 4) is 0 Å². The van der Waals surface area contributed by atoms with Crippen molar-refractivity contribution in [2.75, 3.05) is 18.4 Å². The lowest BCUT2D eigenvalue weighted by Crippen LogP contribution is -2.44. The summed E-state index contributed by atoms with van der Waals surface area (Å²) in [6.07, 6.45) is 6.49. The topological polar surface area (TPSA) is 75.4 Å². The van der Waals surface area contributed by atoms with Gasteiger partial charge < -0.3 is 11.1 Å². The molecule has 3 N–H and O–H groups in total. The van der Waals surface area contributed by atoms with E-state index in [0.717, 1.165) is 50.8 Å². The van der Waals surface area contributed by atoms with Gasteiger partial charge in [-0.3, -0.25) is 14.5 Å². The second kappa shape index (κ2) is 6.38. The van der Waals surface area contributed by atoms with Gasteiger partial charge in [0.05, 0.1) is 11.6 Å². The maximum absolute atomic E-state index is 12.5. The normalized spacial score (nSPS) is 19.7. The third kappa shape index (κ3) is 2.90. The number of thiophene rings is 1. The average Bonchev–Trinajstić information content (AvgIpc) is 3.07. The van der Waals surface area contributed by atoms with Crippen LogP contribution in [0.15, 0.2) is 0 Å². The smallest absolute Gasteiger partial charge is 0.251 e. The number of aryl methyl sites for hydroxylation is 1. The van der Waals surface area contributed by atoms with Crippen LogP contribution in [0.2, 0.25) is 0 Å². The highest BCUT2D eigenvalue weighted by atomic mass is 32.1. The predicted octanol–water partition coefficient (Wildman–Crippen LogP) is 2.15. The lowest BCUT2D eigenvalue weighted by atomic mass is 10.1. The van der Waals surface area contributed by atoms with E-state index in [1.54, 1.807) is 0 Å². The molecule has 0 spiro atoms. The Hall–Kier alpha value is -1.40. The zero-order valence-corrected chi connectivity index (χ0v) is 13.8. The molecule has 3 rings (SSSR count). The molecule has 1 unspecified atom stereocenters. The van der Waals surface area contributed by atoms with E-state index in [0.29, 0.717) is 10.6 Å². The maximum atomic E-state index is 12.5. The number of nitrogens with two attached hydrogens (primary N) is 1. The number of anilines is 1. The van der Waals surface area contributed by atoms with Crippen LogP contribution in [0.3, 0.4) is 0 Å². The average molecular weight is 321 g/mol. The van der Waals surface area contributed by atoms with Gasteiger partial charge in [0.1, 0.15) is 5.00 Å². The highest BCUT2D eigenvalue weighted by Crippen LogP contribution is 2.38. The van der Waals surface area contributed by atoms with Crippen molar-refractivity contribution in [3.05, 3.63) is 16.0 Å². The first-order valence-corrected chi connectivity index (χ1v) is 8.89. The summed E-state index contributed by atoms with van der Waals surface area (Å²) in [5, 5.41) is 3.60. The third-order valence-electron chi connectivity index (χ3n) is 4.72. The van der Waals surface area contributed by atoms with E-state index >= 15 is 0 Å². The Morgan fingerprint density at radius 3 is 2.59 bits per heavy atom. The largest absolute Gasteiger partial charge is 0.365 e. The molecule has 0 saturated carbocycles.